The molecule has 0 bridgehead atoms. The first-order valence-corrected chi connectivity index (χ1v) is 30.5. The first-order valence-electron chi connectivity index (χ1n) is 27.9. The van der Waals surface area contributed by atoms with Crippen LogP contribution in [0.15, 0.2) is 113 Å². The van der Waals surface area contributed by atoms with E-state index in [1.165, 1.54) is 33.0 Å². The van der Waals surface area contributed by atoms with Crippen molar-refractivity contribution in [3.05, 3.63) is 137 Å². The van der Waals surface area contributed by atoms with Crippen LogP contribution < -0.4 is 13.6 Å². The summed E-state index contributed by atoms with van der Waals surface area (Å²) in [4.78, 5) is 0.416. The zero-order valence-corrected chi connectivity index (χ0v) is 52.4. The lowest BCUT2D eigenvalue weighted by Gasteiger charge is -2.37. The van der Waals surface area contributed by atoms with Crippen molar-refractivity contribution in [2.75, 3.05) is 0 Å². The quantitative estimate of drug-likeness (QED) is 0.0713. The van der Waals surface area contributed by atoms with Crippen molar-refractivity contribution in [2.24, 2.45) is 35.5 Å². The molecule has 0 aliphatic rings. The molecule has 6 aromatic carbocycles. The summed E-state index contributed by atoms with van der Waals surface area (Å²) in [6.07, 6.45) is 0. The fourth-order valence-electron chi connectivity index (χ4n) is 9.38. The zero-order valence-electron chi connectivity index (χ0n) is 50.7. The summed E-state index contributed by atoms with van der Waals surface area (Å²) in [6, 6.07) is 34.2. The fraction of sp³-hybridized carbons (Fsp3) is 0.529. The molecule has 0 spiro atoms. The molecule has 0 fully saturated rings. The summed E-state index contributed by atoms with van der Waals surface area (Å²) in [7, 11) is -6.04. The third-order valence-electron chi connectivity index (χ3n) is 19.7. The van der Waals surface area contributed by atoms with Crippen molar-refractivity contribution >= 4 is 40.0 Å². The lowest BCUT2D eigenvalue weighted by Crippen LogP contribution is -2.29. The maximum absolute atomic E-state index is 13.8. The molecule has 0 aliphatic carbocycles. The first kappa shape index (κ1) is 59.9. The lowest BCUT2D eigenvalue weighted by atomic mass is 9.68. The normalized spacial score (nSPS) is 13.7. The number of fused-ring (bicyclic) bond motifs is 2. The predicted octanol–water partition coefficient (Wildman–Crippen LogP) is 20.2. The Balaban J connectivity index is 1.69. The first-order chi connectivity index (χ1) is 34.4. The molecule has 7 heteroatoms. The van der Waals surface area contributed by atoms with Gasteiger partial charge in [-0.15, -0.1) is 0 Å². The van der Waals surface area contributed by atoms with E-state index in [0.717, 1.165) is 21.9 Å². The van der Waals surface area contributed by atoms with Gasteiger partial charge in [-0.3, -0.25) is 0 Å². The summed E-state index contributed by atoms with van der Waals surface area (Å²) < 4.78 is 49.7. The maximum atomic E-state index is 13.8. The van der Waals surface area contributed by atoms with Gasteiger partial charge in [-0.25, -0.2) is 8.42 Å². The average molecular weight is 1060 g/mol. The highest BCUT2D eigenvalue weighted by Crippen LogP contribution is 2.53. The minimum atomic E-state index is -3.78. The van der Waals surface area contributed by atoms with Crippen LogP contribution in [-0.4, -0.2) is 8.42 Å². The Morgan fingerprint density at radius 3 is 1.01 bits per heavy atom. The molecule has 0 saturated carbocycles. The molecule has 5 nitrogen and oxygen atoms in total. The van der Waals surface area contributed by atoms with E-state index in [0.29, 0.717) is 40.9 Å². The Morgan fingerprint density at radius 2 is 0.680 bits per heavy atom. The van der Waals surface area contributed by atoms with Gasteiger partial charge in [0.15, 0.2) is 0 Å². The van der Waals surface area contributed by atoms with Crippen LogP contribution in [0.5, 0.6) is 17.2 Å². The average Bonchev–Trinajstić information content (AvgIpc) is 3.32. The van der Waals surface area contributed by atoms with E-state index < -0.39 is 18.4 Å². The third kappa shape index (κ3) is 11.6. The van der Waals surface area contributed by atoms with Crippen LogP contribution in [0.1, 0.15) is 200 Å². The molecule has 0 radical (unpaired) electrons. The summed E-state index contributed by atoms with van der Waals surface area (Å²) in [5, 5.41) is 4.68. The summed E-state index contributed by atoms with van der Waals surface area (Å²) in [6.45, 7) is 55.8. The van der Waals surface area contributed by atoms with Gasteiger partial charge in [0.05, 0.1) is 9.79 Å². The van der Waals surface area contributed by atoms with Crippen molar-refractivity contribution in [1.82, 2.24) is 0 Å². The Hall–Kier alpha value is -4.38. The molecule has 0 N–H and O–H groups in total. The summed E-state index contributed by atoms with van der Waals surface area (Å²) in [5.74, 6) is 3.89. The monoisotopic (exact) mass is 1050 g/mol. The van der Waals surface area contributed by atoms with E-state index in [1.807, 2.05) is 6.07 Å². The van der Waals surface area contributed by atoms with Crippen LogP contribution >= 0.6 is 8.60 Å². The van der Waals surface area contributed by atoms with Gasteiger partial charge in [0.2, 0.25) is 9.84 Å². The Labute approximate surface area is 457 Å². The summed E-state index contributed by atoms with van der Waals surface area (Å²) in [5.41, 5.74) is 6.23. The molecule has 0 aliphatic heterocycles. The predicted molar refractivity (Wildman–Crippen MR) is 322 cm³/mol. The van der Waals surface area contributed by atoms with Crippen LogP contribution in [-0.2, 0) is 42.3 Å². The highest BCUT2D eigenvalue weighted by Gasteiger charge is 2.39. The van der Waals surface area contributed by atoms with Gasteiger partial charge >= 0.3 is 8.60 Å². The third-order valence-corrected chi connectivity index (χ3v) is 22.6. The molecular weight excluding hydrogens is 960 g/mol. The van der Waals surface area contributed by atoms with Crippen molar-refractivity contribution in [1.29, 1.82) is 0 Å². The van der Waals surface area contributed by atoms with Crippen molar-refractivity contribution in [3.8, 4) is 17.2 Å². The van der Waals surface area contributed by atoms with Crippen molar-refractivity contribution < 1.29 is 22.0 Å². The van der Waals surface area contributed by atoms with Crippen LogP contribution in [0.25, 0.3) is 21.5 Å². The highest BCUT2D eigenvalue weighted by atomic mass is 32.2. The van der Waals surface area contributed by atoms with Crippen molar-refractivity contribution in [2.45, 2.75) is 208 Å². The molecule has 0 saturated heterocycles. The Morgan fingerprint density at radius 1 is 0.360 bits per heavy atom. The molecule has 0 amide bonds. The highest BCUT2D eigenvalue weighted by molar-refractivity contribution is 7.91. The number of hydrogen-bond donors (Lipinski definition) is 0. The summed E-state index contributed by atoms with van der Waals surface area (Å²) >= 11 is 0. The van der Waals surface area contributed by atoms with E-state index in [9.17, 15) is 8.42 Å². The number of hydrogen-bond acceptors (Lipinski definition) is 5. The molecule has 0 unspecified atom stereocenters. The van der Waals surface area contributed by atoms with Crippen LogP contribution in [0.3, 0.4) is 0 Å². The number of sulfone groups is 1. The molecule has 75 heavy (non-hydrogen) atoms. The molecule has 0 aromatic heterocycles. The minimum Gasteiger partial charge on any atom is -0.409 e. The van der Waals surface area contributed by atoms with E-state index in [2.05, 4.69) is 215 Å². The van der Waals surface area contributed by atoms with Gasteiger partial charge in [-0.1, -0.05) is 209 Å². The van der Waals surface area contributed by atoms with Crippen LogP contribution in [0.2, 0.25) is 0 Å². The van der Waals surface area contributed by atoms with Gasteiger partial charge in [-0.2, -0.15) is 0 Å². The van der Waals surface area contributed by atoms with Gasteiger partial charge in [0, 0.05) is 11.1 Å². The van der Waals surface area contributed by atoms with Crippen LogP contribution in [0, 0.1) is 35.5 Å². The van der Waals surface area contributed by atoms with E-state index in [4.69, 9.17) is 13.6 Å². The topological polar surface area (TPSA) is 61.8 Å². The second-order valence-corrected chi connectivity index (χ2v) is 30.2. The second kappa shape index (κ2) is 21.5. The number of rotatable bonds is 20. The number of benzene rings is 6. The van der Waals surface area contributed by atoms with Gasteiger partial charge in [0.1, 0.15) is 17.2 Å². The largest absolute Gasteiger partial charge is 0.530 e. The molecule has 6 aromatic rings. The second-order valence-electron chi connectivity index (χ2n) is 27.2. The van der Waals surface area contributed by atoms with Crippen molar-refractivity contribution in [3.63, 3.8) is 0 Å². The van der Waals surface area contributed by atoms with Gasteiger partial charge < -0.3 is 13.6 Å². The fourth-order valence-corrected chi connectivity index (χ4v) is 11.7. The van der Waals surface area contributed by atoms with E-state index in [-0.39, 0.29) is 54.1 Å². The molecular formula is C68H95O5PS. The molecule has 0 atom stereocenters. The van der Waals surface area contributed by atoms with E-state index in [1.54, 1.807) is 48.5 Å². The Bertz CT molecular complexity index is 2940. The standard InChI is InChI=1S/C68H95O5PS/c1-42(2)63(13,14)50-34-48-36-59(67(21,22)46(9)10)61(40-55(48)57(38-50)65(17,18)44(5)6)72-74(71-52-30-32-54(33-31-52)75(69,70)53-28-26-25-27-29-53)73-62-41-56-49(37-60(62)68(23,24)47(11)12)35-51(64(15,16)43(3)4)39-58(56)66(19,20)45(7)8/h25-47H,1-24H3. The lowest BCUT2D eigenvalue weighted by molar-refractivity contribution is 0.338. The maximum Gasteiger partial charge on any atom is 0.530 e. The van der Waals surface area contributed by atoms with Crippen LogP contribution in [0.4, 0.5) is 0 Å². The molecule has 408 valence electrons. The van der Waals surface area contributed by atoms with Gasteiger partial charge in [0.25, 0.3) is 0 Å². The minimum absolute atomic E-state index is 0.0668. The smallest absolute Gasteiger partial charge is 0.409 e. The SMILES string of the molecule is CC(C)C(C)(C)c1cc(C(C)(C)C(C)C)c2cc(OP(Oc3ccc(S(=O)(=O)c4ccccc4)cc3)Oc3cc4c(C(C)(C)C(C)C)cc(C(C)(C)C(C)C)cc4cc3C(C)(C)C(C)C)c(C(C)(C)C(C)C)cc2c1. The molecule has 0 heterocycles. The zero-order chi connectivity index (χ0) is 56.3. The van der Waals surface area contributed by atoms with Gasteiger partial charge in [-0.05, 0) is 172 Å². The van der Waals surface area contributed by atoms with E-state index >= 15 is 0 Å². The Kier molecular flexibility index (Phi) is 17.1. The molecule has 6 rings (SSSR count).